The lowest BCUT2D eigenvalue weighted by molar-refractivity contribution is -0.142. The third-order valence-electron chi connectivity index (χ3n) is 3.23. The van der Waals surface area contributed by atoms with Gasteiger partial charge in [0.1, 0.15) is 6.04 Å². The molecule has 0 aliphatic carbocycles. The van der Waals surface area contributed by atoms with Crippen molar-refractivity contribution in [2.24, 2.45) is 0 Å². The van der Waals surface area contributed by atoms with Crippen LogP contribution in [0.25, 0.3) is 0 Å². The Balaban J connectivity index is 2.61. The van der Waals surface area contributed by atoms with E-state index >= 15 is 0 Å². The van der Waals surface area contributed by atoms with E-state index in [0.29, 0.717) is 10.0 Å². The molecular weight excluding hydrogens is 315 g/mol. The first-order valence-electron chi connectivity index (χ1n) is 6.39. The standard InChI is InChI=1S/C14H18Cl2N2O3/c1-8(10-4-5-11(15)12(16)6-10)17-13(19)7-18(3)9(2)14(20)21/h4-6,8-9H,7H2,1-3H3,(H,17,19)(H,20,21). The Morgan fingerprint density at radius 3 is 2.43 bits per heavy atom. The number of rotatable bonds is 6. The van der Waals surface area contributed by atoms with E-state index in [1.807, 2.05) is 6.92 Å². The van der Waals surface area contributed by atoms with Crippen LogP contribution in [0.3, 0.4) is 0 Å². The van der Waals surface area contributed by atoms with E-state index in [9.17, 15) is 9.59 Å². The maximum atomic E-state index is 11.9. The average Bonchev–Trinajstić information content (AvgIpc) is 2.40. The molecule has 0 radical (unpaired) electrons. The maximum Gasteiger partial charge on any atom is 0.320 e. The highest BCUT2D eigenvalue weighted by atomic mass is 35.5. The number of likely N-dealkylation sites (N-methyl/N-ethyl adjacent to an activating group) is 1. The van der Waals surface area contributed by atoms with Crippen molar-refractivity contribution in [2.45, 2.75) is 25.9 Å². The molecule has 116 valence electrons. The number of carbonyl (C=O) groups is 2. The second-order valence-electron chi connectivity index (χ2n) is 4.89. The highest BCUT2D eigenvalue weighted by Crippen LogP contribution is 2.25. The molecule has 0 bridgehead atoms. The van der Waals surface area contributed by atoms with Gasteiger partial charge in [0, 0.05) is 0 Å². The number of amides is 1. The fraction of sp³-hybridized carbons (Fsp3) is 0.429. The van der Waals surface area contributed by atoms with Crippen LogP contribution in [0.1, 0.15) is 25.5 Å². The number of hydrogen-bond donors (Lipinski definition) is 2. The molecule has 0 aliphatic heterocycles. The highest BCUT2D eigenvalue weighted by Gasteiger charge is 2.20. The van der Waals surface area contributed by atoms with Gasteiger partial charge in [0.25, 0.3) is 0 Å². The lowest BCUT2D eigenvalue weighted by Gasteiger charge is -2.22. The average molecular weight is 333 g/mol. The van der Waals surface area contributed by atoms with Gasteiger partial charge < -0.3 is 10.4 Å². The number of nitrogens with one attached hydrogen (secondary N) is 1. The summed E-state index contributed by atoms with van der Waals surface area (Å²) in [6.45, 7) is 3.34. The summed E-state index contributed by atoms with van der Waals surface area (Å²) in [6.07, 6.45) is 0. The van der Waals surface area contributed by atoms with Crippen LogP contribution in [0.4, 0.5) is 0 Å². The minimum atomic E-state index is -0.970. The Morgan fingerprint density at radius 1 is 1.29 bits per heavy atom. The van der Waals surface area contributed by atoms with Gasteiger partial charge in [-0.05, 0) is 38.6 Å². The van der Waals surface area contributed by atoms with E-state index in [1.54, 1.807) is 25.2 Å². The van der Waals surface area contributed by atoms with E-state index in [1.165, 1.54) is 11.8 Å². The Hall–Kier alpha value is -1.30. The summed E-state index contributed by atoms with van der Waals surface area (Å²) in [5.74, 6) is -1.23. The summed E-state index contributed by atoms with van der Waals surface area (Å²) in [5.41, 5.74) is 0.826. The molecule has 0 heterocycles. The number of carboxylic acid groups (broad SMARTS) is 1. The number of benzene rings is 1. The molecule has 7 heteroatoms. The van der Waals surface area contributed by atoms with Crippen molar-refractivity contribution in [3.05, 3.63) is 33.8 Å². The molecule has 1 amide bonds. The second kappa shape index (κ2) is 7.64. The first kappa shape index (κ1) is 17.8. The molecule has 1 aromatic carbocycles. The van der Waals surface area contributed by atoms with Crippen LogP contribution in [0.5, 0.6) is 0 Å². The molecule has 0 fully saturated rings. The molecule has 21 heavy (non-hydrogen) atoms. The predicted molar refractivity (Wildman–Crippen MR) is 82.7 cm³/mol. The number of carboxylic acids is 1. The zero-order valence-corrected chi connectivity index (χ0v) is 13.6. The van der Waals surface area contributed by atoms with Crippen LogP contribution in [-0.4, -0.2) is 41.5 Å². The maximum absolute atomic E-state index is 11.9. The largest absolute Gasteiger partial charge is 0.480 e. The van der Waals surface area contributed by atoms with Crippen LogP contribution in [0, 0.1) is 0 Å². The smallest absolute Gasteiger partial charge is 0.320 e. The fourth-order valence-corrected chi connectivity index (χ4v) is 2.01. The third-order valence-corrected chi connectivity index (χ3v) is 3.97. The first-order chi connectivity index (χ1) is 9.72. The van der Waals surface area contributed by atoms with Gasteiger partial charge in [0.05, 0.1) is 22.6 Å². The molecule has 1 aromatic rings. The van der Waals surface area contributed by atoms with Crippen LogP contribution < -0.4 is 5.32 Å². The minimum absolute atomic E-state index is 0.000865. The summed E-state index contributed by atoms with van der Waals surface area (Å²) in [4.78, 5) is 24.2. The molecule has 2 N–H and O–H groups in total. The van der Waals surface area contributed by atoms with Gasteiger partial charge in [-0.2, -0.15) is 0 Å². The van der Waals surface area contributed by atoms with Gasteiger partial charge in [0.15, 0.2) is 0 Å². The summed E-state index contributed by atoms with van der Waals surface area (Å²) in [6, 6.07) is 4.17. The summed E-state index contributed by atoms with van der Waals surface area (Å²) in [7, 11) is 1.59. The SMILES string of the molecule is CC(NC(=O)CN(C)C(C)C(=O)O)c1ccc(Cl)c(Cl)c1. The van der Waals surface area contributed by atoms with Gasteiger partial charge in [-0.1, -0.05) is 29.3 Å². The normalized spacial score (nSPS) is 13.8. The molecule has 0 aromatic heterocycles. The summed E-state index contributed by atoms with van der Waals surface area (Å²) >= 11 is 11.8. The highest BCUT2D eigenvalue weighted by molar-refractivity contribution is 6.42. The van der Waals surface area contributed by atoms with Crippen molar-refractivity contribution >= 4 is 35.1 Å². The van der Waals surface area contributed by atoms with E-state index in [-0.39, 0.29) is 18.5 Å². The Bertz CT molecular complexity index is 537. The molecule has 1 rings (SSSR count). The Kier molecular flexibility index (Phi) is 6.45. The van der Waals surface area contributed by atoms with Crippen molar-refractivity contribution in [1.29, 1.82) is 0 Å². The van der Waals surface area contributed by atoms with E-state index in [0.717, 1.165) is 5.56 Å². The van der Waals surface area contributed by atoms with E-state index < -0.39 is 12.0 Å². The van der Waals surface area contributed by atoms with Gasteiger partial charge >= 0.3 is 5.97 Å². The summed E-state index contributed by atoms with van der Waals surface area (Å²) in [5, 5.41) is 12.5. The zero-order valence-electron chi connectivity index (χ0n) is 12.1. The van der Waals surface area contributed by atoms with Crippen molar-refractivity contribution in [2.75, 3.05) is 13.6 Å². The van der Waals surface area contributed by atoms with Crippen LogP contribution in [0.15, 0.2) is 18.2 Å². The number of aliphatic carboxylic acids is 1. The van der Waals surface area contributed by atoms with Crippen molar-refractivity contribution in [3.8, 4) is 0 Å². The topological polar surface area (TPSA) is 69.6 Å². The van der Waals surface area contributed by atoms with E-state index in [4.69, 9.17) is 28.3 Å². The lowest BCUT2D eigenvalue weighted by Crippen LogP contribution is -2.43. The third kappa shape index (κ3) is 5.19. The molecule has 2 atom stereocenters. The van der Waals surface area contributed by atoms with Crippen LogP contribution in [0.2, 0.25) is 10.0 Å². The molecule has 0 saturated carbocycles. The van der Waals surface area contributed by atoms with Crippen LogP contribution in [-0.2, 0) is 9.59 Å². The molecular formula is C14H18Cl2N2O3. The molecule has 5 nitrogen and oxygen atoms in total. The number of carbonyl (C=O) groups excluding carboxylic acids is 1. The monoisotopic (exact) mass is 332 g/mol. The Morgan fingerprint density at radius 2 is 1.90 bits per heavy atom. The second-order valence-corrected chi connectivity index (χ2v) is 5.71. The van der Waals surface area contributed by atoms with Crippen molar-refractivity contribution in [1.82, 2.24) is 10.2 Å². The lowest BCUT2D eigenvalue weighted by atomic mass is 10.1. The molecule has 0 saturated heterocycles. The van der Waals surface area contributed by atoms with E-state index in [2.05, 4.69) is 5.32 Å². The number of halogens is 2. The Labute approximate surface area is 133 Å². The number of nitrogens with zero attached hydrogens (tertiary/aromatic N) is 1. The zero-order chi connectivity index (χ0) is 16.2. The van der Waals surface area contributed by atoms with Crippen molar-refractivity contribution in [3.63, 3.8) is 0 Å². The molecule has 0 spiro atoms. The van der Waals surface area contributed by atoms with Gasteiger partial charge in [-0.25, -0.2) is 0 Å². The summed E-state index contributed by atoms with van der Waals surface area (Å²) < 4.78 is 0. The van der Waals surface area contributed by atoms with Gasteiger partial charge in [-0.15, -0.1) is 0 Å². The van der Waals surface area contributed by atoms with Crippen molar-refractivity contribution < 1.29 is 14.7 Å². The quantitative estimate of drug-likeness (QED) is 0.839. The predicted octanol–water partition coefficient (Wildman–Crippen LogP) is 2.58. The van der Waals surface area contributed by atoms with Crippen LogP contribution >= 0.6 is 23.2 Å². The molecule has 0 aliphatic rings. The molecule has 2 unspecified atom stereocenters. The minimum Gasteiger partial charge on any atom is -0.480 e. The van der Waals surface area contributed by atoms with Gasteiger partial charge in [-0.3, -0.25) is 14.5 Å². The fourth-order valence-electron chi connectivity index (χ4n) is 1.70. The first-order valence-corrected chi connectivity index (χ1v) is 7.15. The number of hydrogen-bond acceptors (Lipinski definition) is 3. The van der Waals surface area contributed by atoms with Gasteiger partial charge in [0.2, 0.25) is 5.91 Å².